The summed E-state index contributed by atoms with van der Waals surface area (Å²) in [5.74, 6) is -0.550. The largest absolute Gasteiger partial charge is 0.365 e. The zero-order valence-corrected chi connectivity index (χ0v) is 18.5. The SMILES string of the molecule is NC(=O)Nc1sc2c(c1C(N)=O)CCc1nn(C3CCCN(Cc4ccccc4)C3)cc1-2. The van der Waals surface area contributed by atoms with Gasteiger partial charge in [0.05, 0.1) is 17.3 Å². The van der Waals surface area contributed by atoms with Crippen LogP contribution in [-0.2, 0) is 19.4 Å². The number of urea groups is 1. The van der Waals surface area contributed by atoms with Gasteiger partial charge in [-0.2, -0.15) is 5.10 Å². The molecule has 0 spiro atoms. The Bertz CT molecular complexity index is 1170. The molecule has 32 heavy (non-hydrogen) atoms. The maximum atomic E-state index is 12.1. The molecule has 0 bridgehead atoms. The zero-order valence-electron chi connectivity index (χ0n) is 17.7. The second-order valence-electron chi connectivity index (χ2n) is 8.45. The van der Waals surface area contributed by atoms with Gasteiger partial charge in [0.2, 0.25) is 0 Å². The molecule has 1 unspecified atom stereocenters. The summed E-state index contributed by atoms with van der Waals surface area (Å²) in [6, 6.07) is 10.1. The minimum atomic E-state index is -0.706. The molecule has 2 aliphatic rings. The first-order valence-electron chi connectivity index (χ1n) is 10.9. The number of likely N-dealkylation sites (tertiary alicyclic amines) is 1. The first-order chi connectivity index (χ1) is 15.5. The van der Waals surface area contributed by atoms with Crippen LogP contribution < -0.4 is 16.8 Å². The number of piperidine rings is 1. The third-order valence-electron chi connectivity index (χ3n) is 6.26. The van der Waals surface area contributed by atoms with Gasteiger partial charge in [-0.3, -0.25) is 19.7 Å². The number of nitrogens with one attached hydrogen (secondary N) is 1. The Labute approximate surface area is 190 Å². The van der Waals surface area contributed by atoms with Gasteiger partial charge < -0.3 is 11.5 Å². The van der Waals surface area contributed by atoms with E-state index >= 15 is 0 Å². The molecule has 3 aromatic rings. The molecule has 0 saturated carbocycles. The van der Waals surface area contributed by atoms with E-state index in [9.17, 15) is 9.59 Å². The number of amides is 3. The van der Waals surface area contributed by atoms with Crippen molar-refractivity contribution in [3.8, 4) is 10.4 Å². The first kappa shape index (κ1) is 20.7. The number of fused-ring (bicyclic) bond motifs is 3. The summed E-state index contributed by atoms with van der Waals surface area (Å²) >= 11 is 1.35. The molecule has 0 radical (unpaired) electrons. The van der Waals surface area contributed by atoms with Gasteiger partial charge in [0.25, 0.3) is 5.91 Å². The second kappa shape index (κ2) is 8.40. The summed E-state index contributed by atoms with van der Waals surface area (Å²) in [6.07, 6.45) is 5.72. The number of hydrogen-bond acceptors (Lipinski definition) is 5. The smallest absolute Gasteiger partial charge is 0.317 e. The number of carbonyl (C=O) groups excluding carboxylic acids is 2. The van der Waals surface area contributed by atoms with Gasteiger partial charge in [0.1, 0.15) is 5.00 Å². The third-order valence-corrected chi connectivity index (χ3v) is 7.44. The predicted molar refractivity (Wildman–Crippen MR) is 125 cm³/mol. The molecule has 166 valence electrons. The number of nitrogens with two attached hydrogens (primary N) is 2. The molecular formula is C23H26N6O2S. The number of thiophene rings is 1. The van der Waals surface area contributed by atoms with Crippen molar-refractivity contribution in [1.29, 1.82) is 0 Å². The van der Waals surface area contributed by atoms with Gasteiger partial charge >= 0.3 is 6.03 Å². The Morgan fingerprint density at radius 2 is 2.00 bits per heavy atom. The van der Waals surface area contributed by atoms with E-state index in [2.05, 4.69) is 45.4 Å². The highest BCUT2D eigenvalue weighted by molar-refractivity contribution is 7.20. The van der Waals surface area contributed by atoms with Crippen molar-refractivity contribution in [2.45, 2.75) is 38.3 Å². The summed E-state index contributed by atoms with van der Waals surface area (Å²) in [4.78, 5) is 27.0. The highest BCUT2D eigenvalue weighted by Crippen LogP contribution is 2.45. The Balaban J connectivity index is 1.41. The van der Waals surface area contributed by atoms with E-state index in [1.54, 1.807) is 0 Å². The van der Waals surface area contributed by atoms with Crippen molar-refractivity contribution >= 4 is 28.3 Å². The maximum absolute atomic E-state index is 12.1. The molecule has 1 aliphatic heterocycles. The van der Waals surface area contributed by atoms with Gasteiger partial charge in [-0.05, 0) is 43.4 Å². The molecule has 5 rings (SSSR count). The molecule has 1 atom stereocenters. The molecule has 1 saturated heterocycles. The number of aromatic nitrogens is 2. The van der Waals surface area contributed by atoms with Crippen molar-refractivity contribution in [2.24, 2.45) is 11.5 Å². The summed E-state index contributed by atoms with van der Waals surface area (Å²) in [7, 11) is 0. The summed E-state index contributed by atoms with van der Waals surface area (Å²) in [5.41, 5.74) is 15.6. The molecule has 3 amide bonds. The van der Waals surface area contributed by atoms with Crippen molar-refractivity contribution < 1.29 is 9.59 Å². The van der Waals surface area contributed by atoms with E-state index in [1.807, 2.05) is 6.07 Å². The molecule has 3 heterocycles. The second-order valence-corrected chi connectivity index (χ2v) is 9.47. The van der Waals surface area contributed by atoms with Crippen molar-refractivity contribution in [2.75, 3.05) is 18.4 Å². The maximum Gasteiger partial charge on any atom is 0.317 e. The summed E-state index contributed by atoms with van der Waals surface area (Å²) in [5, 5.41) is 7.91. The van der Waals surface area contributed by atoms with Crippen molar-refractivity contribution in [3.05, 3.63) is 58.9 Å². The van der Waals surface area contributed by atoms with E-state index in [-0.39, 0.29) is 0 Å². The van der Waals surface area contributed by atoms with Gasteiger partial charge in [-0.1, -0.05) is 30.3 Å². The minimum absolute atomic E-state index is 0.306. The van der Waals surface area contributed by atoms with E-state index < -0.39 is 11.9 Å². The number of nitrogens with zero attached hydrogens (tertiary/aromatic N) is 3. The lowest BCUT2D eigenvalue weighted by Crippen LogP contribution is -2.36. The van der Waals surface area contributed by atoms with Crippen LogP contribution in [0.25, 0.3) is 10.4 Å². The Morgan fingerprint density at radius 1 is 1.19 bits per heavy atom. The predicted octanol–water partition coefficient (Wildman–Crippen LogP) is 3.14. The minimum Gasteiger partial charge on any atom is -0.365 e. The van der Waals surface area contributed by atoms with Gasteiger partial charge in [-0.15, -0.1) is 11.3 Å². The molecule has 9 heteroatoms. The zero-order chi connectivity index (χ0) is 22.2. The first-order valence-corrected chi connectivity index (χ1v) is 11.7. The highest BCUT2D eigenvalue weighted by Gasteiger charge is 2.31. The lowest BCUT2D eigenvalue weighted by atomic mass is 9.94. The van der Waals surface area contributed by atoms with Gasteiger partial charge in [0.15, 0.2) is 0 Å². The van der Waals surface area contributed by atoms with Crippen molar-refractivity contribution in [3.63, 3.8) is 0 Å². The van der Waals surface area contributed by atoms with Crippen LogP contribution in [0.1, 0.15) is 46.1 Å². The van der Waals surface area contributed by atoms with E-state index in [1.165, 1.54) is 16.9 Å². The number of anilines is 1. The van der Waals surface area contributed by atoms with Crippen LogP contribution in [-0.4, -0.2) is 39.7 Å². The number of hydrogen-bond donors (Lipinski definition) is 3. The standard InChI is InChI=1S/C23H26N6O2S/c24-21(30)19-16-8-9-18-17(20(16)32-22(19)26-23(25)31)13-29(27-18)15-7-4-10-28(12-15)11-14-5-2-1-3-6-14/h1-3,5-6,13,15H,4,7-12H2,(H2,24,30)(H3,25,26,31). The number of rotatable bonds is 5. The van der Waals surface area contributed by atoms with Crippen LogP contribution in [0.3, 0.4) is 0 Å². The monoisotopic (exact) mass is 450 g/mol. The average Bonchev–Trinajstić information content (AvgIpc) is 3.35. The average molecular weight is 451 g/mol. The number of primary amides is 2. The molecule has 5 N–H and O–H groups in total. The van der Waals surface area contributed by atoms with Gasteiger partial charge in [-0.25, -0.2) is 4.79 Å². The summed E-state index contributed by atoms with van der Waals surface area (Å²) in [6.45, 7) is 2.98. The van der Waals surface area contributed by atoms with Crippen LogP contribution in [0, 0.1) is 0 Å². The van der Waals surface area contributed by atoms with E-state index in [0.717, 1.165) is 60.6 Å². The van der Waals surface area contributed by atoms with Crippen LogP contribution in [0.15, 0.2) is 36.5 Å². The normalized spacial score (nSPS) is 18.1. The quantitative estimate of drug-likeness (QED) is 0.553. The number of aryl methyl sites for hydroxylation is 1. The third kappa shape index (κ3) is 3.89. The Kier molecular flexibility index (Phi) is 5.44. The Hall–Kier alpha value is -3.17. The van der Waals surface area contributed by atoms with Crippen LogP contribution in [0.2, 0.25) is 0 Å². The fraction of sp³-hybridized carbons (Fsp3) is 0.348. The molecule has 1 aliphatic carbocycles. The lowest BCUT2D eigenvalue weighted by molar-refractivity contribution is 0.100. The molecule has 2 aromatic heterocycles. The highest BCUT2D eigenvalue weighted by atomic mass is 32.1. The Morgan fingerprint density at radius 3 is 2.75 bits per heavy atom. The van der Waals surface area contributed by atoms with Crippen LogP contribution in [0.5, 0.6) is 0 Å². The number of carbonyl (C=O) groups is 2. The van der Waals surface area contributed by atoms with Gasteiger partial charge in [0, 0.05) is 29.7 Å². The molecule has 1 aromatic carbocycles. The van der Waals surface area contributed by atoms with E-state index in [4.69, 9.17) is 16.6 Å². The summed E-state index contributed by atoms with van der Waals surface area (Å²) < 4.78 is 2.10. The molecular weight excluding hydrogens is 424 g/mol. The fourth-order valence-electron chi connectivity index (χ4n) is 4.85. The van der Waals surface area contributed by atoms with Crippen molar-refractivity contribution in [1.82, 2.24) is 14.7 Å². The topological polar surface area (TPSA) is 119 Å². The number of benzene rings is 1. The fourth-order valence-corrected chi connectivity index (χ4v) is 6.14. The lowest BCUT2D eigenvalue weighted by Gasteiger charge is -2.32. The van der Waals surface area contributed by atoms with Crippen LogP contribution >= 0.6 is 11.3 Å². The van der Waals surface area contributed by atoms with Crippen LogP contribution in [0.4, 0.5) is 9.80 Å². The van der Waals surface area contributed by atoms with E-state index in [0.29, 0.717) is 23.0 Å². The molecule has 1 fully saturated rings. The molecule has 8 nitrogen and oxygen atoms in total.